The minimum Gasteiger partial charge on any atom is -0.368 e. The zero-order valence-electron chi connectivity index (χ0n) is 56.4. The fraction of sp³-hybridized carbons (Fsp3) is 0.794. The zero-order valence-corrected chi connectivity index (χ0v) is 56.4. The monoisotopic (exact) mass is 1210 g/mol. The Balaban J connectivity index is 2.96. The van der Waals surface area contributed by atoms with Crippen molar-refractivity contribution in [1.82, 2.24) is 55.6 Å². The van der Waals surface area contributed by atoms with Gasteiger partial charge in [-0.3, -0.25) is 52.7 Å². The summed E-state index contributed by atoms with van der Waals surface area (Å²) in [5.74, 6) is -8.60. The Kier molecular flexibility index (Phi) is 29.9. The molecule has 2 saturated heterocycles. The standard InChI is InChI=1S/C63H111N11O12/c1-25-43-32-40(15)53(86-43)52-57(79)66-44(26-2)59(81)68(18)33-49(75)69(19)46(29-35(5)6)56(78)67-50(38(11)12)62(84)70(20)45(28-27-34(3)4)55(77)64-41(16)54(76)65-42(17)58(80)71(21)47(30-36(7)8)60(82)72(22)48(31-37(9)10)61(83)73(23)51(39(13)14)63(85)74(52)24/h25,34-48,50-53H,1,26-33H2,2-24H3,(H,64,77)(H,65,76)(H,66,79)(H,67,78)/t40-,41+,42-,43?,44+,45+,46+,47+,48+,50+,51+,52+,53-/m1/s1. The number of hydrogen-bond donors (Lipinski definition) is 4. The lowest BCUT2D eigenvalue weighted by Gasteiger charge is -2.41. The molecule has 0 aliphatic carbocycles. The van der Waals surface area contributed by atoms with Crippen LogP contribution in [0.25, 0.3) is 0 Å². The summed E-state index contributed by atoms with van der Waals surface area (Å²) >= 11 is 0. The van der Waals surface area contributed by atoms with Crippen molar-refractivity contribution in [1.29, 1.82) is 0 Å². The lowest BCUT2D eigenvalue weighted by atomic mass is 9.92. The van der Waals surface area contributed by atoms with Crippen LogP contribution in [0.1, 0.15) is 156 Å². The van der Waals surface area contributed by atoms with Gasteiger partial charge in [0, 0.05) is 49.3 Å². The van der Waals surface area contributed by atoms with E-state index < -0.39 is 156 Å². The summed E-state index contributed by atoms with van der Waals surface area (Å²) in [6.45, 7) is 32.1. The third-order valence-corrected chi connectivity index (χ3v) is 16.8. The van der Waals surface area contributed by atoms with E-state index in [1.165, 1.54) is 92.6 Å². The molecular weight excluding hydrogens is 1100 g/mol. The van der Waals surface area contributed by atoms with Crippen LogP contribution in [0.5, 0.6) is 0 Å². The second-order valence-electron chi connectivity index (χ2n) is 26.7. The minimum atomic E-state index is -1.35. The smallest absolute Gasteiger partial charge is 0.246 e. The molecule has 0 bridgehead atoms. The molecule has 13 atom stereocenters. The molecule has 2 fully saturated rings. The topological polar surface area (TPSA) is 268 Å². The fourth-order valence-corrected chi connectivity index (χ4v) is 11.4. The molecule has 0 radical (unpaired) electrons. The maximum Gasteiger partial charge on any atom is 0.246 e. The number of nitrogens with zero attached hydrogens (tertiary/aromatic N) is 7. The van der Waals surface area contributed by atoms with Crippen molar-refractivity contribution in [2.24, 2.45) is 41.4 Å². The normalized spacial score (nSPS) is 29.3. The van der Waals surface area contributed by atoms with Crippen molar-refractivity contribution in [2.45, 2.75) is 228 Å². The summed E-state index contributed by atoms with van der Waals surface area (Å²) < 4.78 is 6.40. The highest BCUT2D eigenvalue weighted by atomic mass is 16.5. The molecule has 490 valence electrons. The summed E-state index contributed by atoms with van der Waals surface area (Å²) in [4.78, 5) is 170. The lowest BCUT2D eigenvalue weighted by molar-refractivity contribution is -0.157. The van der Waals surface area contributed by atoms with E-state index in [-0.39, 0.29) is 61.7 Å². The molecule has 0 saturated carbocycles. The van der Waals surface area contributed by atoms with Gasteiger partial charge in [0.15, 0.2) is 0 Å². The molecule has 2 aliphatic rings. The third-order valence-electron chi connectivity index (χ3n) is 16.8. The van der Waals surface area contributed by atoms with Crippen LogP contribution in [0.15, 0.2) is 12.7 Å². The van der Waals surface area contributed by atoms with Gasteiger partial charge in [0.25, 0.3) is 0 Å². The number of ether oxygens (including phenoxy) is 1. The van der Waals surface area contributed by atoms with Crippen LogP contribution in [-0.4, -0.2) is 228 Å². The van der Waals surface area contributed by atoms with E-state index in [9.17, 15) is 43.2 Å². The van der Waals surface area contributed by atoms with Gasteiger partial charge >= 0.3 is 0 Å². The Morgan fingerprint density at radius 1 is 0.500 bits per heavy atom. The molecule has 2 heterocycles. The second kappa shape index (κ2) is 33.8. The summed E-state index contributed by atoms with van der Waals surface area (Å²) in [5.41, 5.74) is 0. The number of rotatable bonds is 14. The molecule has 23 heteroatoms. The Hall–Kier alpha value is -6.13. The van der Waals surface area contributed by atoms with Gasteiger partial charge in [-0.15, -0.1) is 6.58 Å². The van der Waals surface area contributed by atoms with Crippen molar-refractivity contribution in [3.05, 3.63) is 12.7 Å². The molecule has 23 nitrogen and oxygen atoms in total. The van der Waals surface area contributed by atoms with Crippen LogP contribution in [0, 0.1) is 41.4 Å². The van der Waals surface area contributed by atoms with Crippen LogP contribution in [-0.2, 0) is 57.5 Å². The molecular formula is C63H111N11O12. The number of carbonyl (C=O) groups excluding carboxylic acids is 11. The Morgan fingerprint density at radius 2 is 0.977 bits per heavy atom. The van der Waals surface area contributed by atoms with Gasteiger partial charge in [0.05, 0.1) is 18.8 Å². The van der Waals surface area contributed by atoms with Gasteiger partial charge < -0.3 is 60.3 Å². The molecule has 2 rings (SSSR count). The average Bonchev–Trinajstić information content (AvgIpc) is 1.82. The van der Waals surface area contributed by atoms with Crippen molar-refractivity contribution >= 4 is 65.0 Å². The van der Waals surface area contributed by atoms with Gasteiger partial charge in [0.1, 0.15) is 60.4 Å². The predicted octanol–water partition coefficient (Wildman–Crippen LogP) is 3.68. The molecule has 11 amide bonds. The van der Waals surface area contributed by atoms with E-state index in [0.717, 1.165) is 4.90 Å². The van der Waals surface area contributed by atoms with E-state index in [1.54, 1.807) is 40.7 Å². The highest BCUT2D eigenvalue weighted by molar-refractivity contribution is 5.99. The van der Waals surface area contributed by atoms with Gasteiger partial charge in [-0.05, 0) is 100 Å². The highest BCUT2D eigenvalue weighted by Crippen LogP contribution is 2.32. The predicted molar refractivity (Wildman–Crippen MR) is 331 cm³/mol. The van der Waals surface area contributed by atoms with Crippen LogP contribution in [0.2, 0.25) is 0 Å². The second-order valence-corrected chi connectivity index (χ2v) is 26.7. The Labute approximate surface area is 514 Å². The largest absolute Gasteiger partial charge is 0.368 e. The molecule has 2 aliphatic heterocycles. The fourth-order valence-electron chi connectivity index (χ4n) is 11.4. The first-order valence-corrected chi connectivity index (χ1v) is 31.1. The van der Waals surface area contributed by atoms with Crippen molar-refractivity contribution in [3.63, 3.8) is 0 Å². The molecule has 4 N–H and O–H groups in total. The number of hydrogen-bond acceptors (Lipinski definition) is 12. The van der Waals surface area contributed by atoms with Gasteiger partial charge in [0.2, 0.25) is 65.0 Å². The summed E-state index contributed by atoms with van der Waals surface area (Å²) in [6, 6.07) is -11.8. The van der Waals surface area contributed by atoms with Crippen LogP contribution < -0.4 is 21.3 Å². The van der Waals surface area contributed by atoms with E-state index in [2.05, 4.69) is 27.8 Å². The molecule has 1 unspecified atom stereocenters. The quantitative estimate of drug-likeness (QED) is 0.182. The number of amides is 11. The van der Waals surface area contributed by atoms with Crippen LogP contribution in [0.3, 0.4) is 0 Å². The third kappa shape index (κ3) is 20.2. The minimum absolute atomic E-state index is 0.0709. The first-order chi connectivity index (χ1) is 39.8. The van der Waals surface area contributed by atoms with Crippen LogP contribution in [0.4, 0.5) is 0 Å². The summed E-state index contributed by atoms with van der Waals surface area (Å²) in [5, 5.41) is 11.2. The first kappa shape index (κ1) is 76.0. The SMILES string of the molecule is C=CC1C[C@@H](C)[C@H]([C@H]2C(=O)N[C@@H](CC)C(=O)N(C)CC(=O)N(C)[C@@H](CC(C)C)C(=O)N[C@@H](C(C)C)C(=O)N(C)[C@@H](CCC(C)C)C(=O)N[C@@H](C)C(=O)N[C@H](C)C(=O)N(C)[C@@H](CC(C)C)C(=O)N(C)[C@@H](CC(C)C)C(=O)N(C)[C@@H](C(C)C)C(=O)N2C)O1. The van der Waals surface area contributed by atoms with Gasteiger partial charge in [-0.2, -0.15) is 0 Å². The highest BCUT2D eigenvalue weighted by Gasteiger charge is 2.48. The molecule has 0 aromatic carbocycles. The van der Waals surface area contributed by atoms with Gasteiger partial charge in [-0.25, -0.2) is 0 Å². The Bertz CT molecular complexity index is 2380. The average molecular weight is 1210 g/mol. The number of carbonyl (C=O) groups is 11. The van der Waals surface area contributed by atoms with E-state index >= 15 is 9.59 Å². The summed E-state index contributed by atoms with van der Waals surface area (Å²) in [7, 11) is 10.2. The lowest BCUT2D eigenvalue weighted by Crippen LogP contribution is -2.63. The molecule has 86 heavy (non-hydrogen) atoms. The van der Waals surface area contributed by atoms with E-state index in [1.807, 2.05) is 62.3 Å². The zero-order chi connectivity index (χ0) is 66.3. The maximum atomic E-state index is 15.3. The van der Waals surface area contributed by atoms with E-state index in [0.29, 0.717) is 12.8 Å². The van der Waals surface area contributed by atoms with Crippen molar-refractivity contribution in [2.75, 3.05) is 55.9 Å². The van der Waals surface area contributed by atoms with Gasteiger partial charge in [-0.1, -0.05) is 103 Å². The molecule has 0 aromatic heterocycles. The number of nitrogens with one attached hydrogen (secondary N) is 4. The summed E-state index contributed by atoms with van der Waals surface area (Å²) in [6.07, 6.45) is 2.01. The first-order valence-electron chi connectivity index (χ1n) is 31.1. The Morgan fingerprint density at radius 3 is 1.44 bits per heavy atom. The van der Waals surface area contributed by atoms with Crippen molar-refractivity contribution in [3.8, 4) is 0 Å². The molecule has 0 aromatic rings. The number of likely N-dealkylation sites (N-methyl/N-ethyl adjacent to an activating group) is 7. The molecule has 0 spiro atoms. The maximum absolute atomic E-state index is 15.3. The van der Waals surface area contributed by atoms with E-state index in [4.69, 9.17) is 4.74 Å². The van der Waals surface area contributed by atoms with Crippen molar-refractivity contribution < 1.29 is 57.5 Å². The van der Waals surface area contributed by atoms with Crippen LogP contribution >= 0.6 is 0 Å².